The molecule has 0 aromatic carbocycles. The van der Waals surface area contributed by atoms with Gasteiger partial charge >= 0.3 is 0 Å². The molecule has 0 aromatic heterocycles. The van der Waals surface area contributed by atoms with Gasteiger partial charge in [0.1, 0.15) is 0 Å². The normalized spacial score (nSPS) is 30.4. The zero-order valence-corrected chi connectivity index (χ0v) is 12.0. The molecule has 1 saturated carbocycles. The van der Waals surface area contributed by atoms with E-state index in [-0.39, 0.29) is 0 Å². The Morgan fingerprint density at radius 1 is 1.12 bits per heavy atom. The smallest absolute Gasteiger partial charge is 0.208 e. The number of sulfonamides is 1. The first kappa shape index (κ1) is 14.9. The van der Waals surface area contributed by atoms with Crippen molar-refractivity contribution in [3.05, 3.63) is 0 Å². The van der Waals surface area contributed by atoms with Gasteiger partial charge in [0.25, 0.3) is 0 Å². The minimum absolute atomic E-state index is 0.532. The van der Waals surface area contributed by atoms with Crippen molar-refractivity contribution in [2.24, 2.45) is 11.8 Å². The Hall–Kier alpha value is -0.130. The van der Waals surface area contributed by atoms with Gasteiger partial charge in [0.05, 0.1) is 6.26 Å². The van der Waals surface area contributed by atoms with Gasteiger partial charge in [-0.3, -0.25) is 0 Å². The molecule has 0 heterocycles. The van der Waals surface area contributed by atoms with Crippen LogP contribution in [-0.4, -0.2) is 33.8 Å². The molecule has 5 heteroatoms. The molecule has 1 fully saturated rings. The number of rotatable bonds is 6. The second-order valence-corrected chi connectivity index (χ2v) is 7.27. The summed E-state index contributed by atoms with van der Waals surface area (Å²) in [6.07, 6.45) is 5.87. The second kappa shape index (κ2) is 6.71. The molecule has 0 saturated heterocycles. The van der Waals surface area contributed by atoms with Crippen molar-refractivity contribution < 1.29 is 8.42 Å². The summed E-state index contributed by atoms with van der Waals surface area (Å²) >= 11 is 0. The third-order valence-electron chi connectivity index (χ3n) is 3.75. The topological polar surface area (TPSA) is 58.2 Å². The fourth-order valence-corrected chi connectivity index (χ4v) is 2.90. The lowest BCUT2D eigenvalue weighted by molar-refractivity contribution is 0.226. The Kier molecular flexibility index (Phi) is 5.89. The largest absolute Gasteiger partial charge is 0.314 e. The van der Waals surface area contributed by atoms with Crippen molar-refractivity contribution in [3.8, 4) is 0 Å². The van der Waals surface area contributed by atoms with Gasteiger partial charge in [0.2, 0.25) is 10.0 Å². The Labute approximate surface area is 106 Å². The number of hydrogen-bond donors (Lipinski definition) is 2. The van der Waals surface area contributed by atoms with Crippen molar-refractivity contribution >= 4 is 10.0 Å². The van der Waals surface area contributed by atoms with Crippen LogP contribution in [0, 0.1) is 11.8 Å². The molecule has 0 bridgehead atoms. The molecule has 0 unspecified atom stereocenters. The molecule has 2 N–H and O–H groups in total. The zero-order chi connectivity index (χ0) is 12.9. The van der Waals surface area contributed by atoms with Crippen LogP contribution < -0.4 is 10.0 Å². The van der Waals surface area contributed by atoms with E-state index in [1.54, 1.807) is 0 Å². The molecule has 0 amide bonds. The van der Waals surface area contributed by atoms with E-state index in [2.05, 4.69) is 23.9 Å². The van der Waals surface area contributed by atoms with Crippen LogP contribution in [0.1, 0.15) is 39.5 Å². The SMILES string of the molecule is C[C@@H]1CC[C@@H](NCCCNS(C)(=O)=O)C[C@H]1C. The first-order valence-electron chi connectivity index (χ1n) is 6.56. The van der Waals surface area contributed by atoms with Gasteiger partial charge in [-0.25, -0.2) is 13.1 Å². The predicted octanol–water partition coefficient (Wildman–Crippen LogP) is 1.34. The highest BCUT2D eigenvalue weighted by Crippen LogP contribution is 2.29. The van der Waals surface area contributed by atoms with Crippen molar-refractivity contribution in [1.82, 2.24) is 10.0 Å². The van der Waals surface area contributed by atoms with Crippen LogP contribution in [0.2, 0.25) is 0 Å². The van der Waals surface area contributed by atoms with Crippen molar-refractivity contribution in [3.63, 3.8) is 0 Å². The van der Waals surface area contributed by atoms with Crippen LogP contribution in [0.5, 0.6) is 0 Å². The van der Waals surface area contributed by atoms with Gasteiger partial charge in [0.15, 0.2) is 0 Å². The molecule has 3 atom stereocenters. The maximum absolute atomic E-state index is 10.8. The Bertz CT molecular complexity index is 316. The highest BCUT2D eigenvalue weighted by atomic mass is 32.2. The lowest BCUT2D eigenvalue weighted by Gasteiger charge is -2.32. The fraction of sp³-hybridized carbons (Fsp3) is 1.00. The molecule has 0 aromatic rings. The van der Waals surface area contributed by atoms with Gasteiger partial charge in [-0.15, -0.1) is 0 Å². The summed E-state index contributed by atoms with van der Waals surface area (Å²) in [5, 5.41) is 3.52. The summed E-state index contributed by atoms with van der Waals surface area (Å²) < 4.78 is 24.2. The van der Waals surface area contributed by atoms with E-state index in [4.69, 9.17) is 0 Å². The molecule has 1 aliphatic rings. The zero-order valence-electron chi connectivity index (χ0n) is 11.2. The molecule has 0 radical (unpaired) electrons. The molecular formula is C12H26N2O2S. The van der Waals surface area contributed by atoms with Gasteiger partial charge in [-0.2, -0.15) is 0 Å². The molecule has 102 valence electrons. The van der Waals surface area contributed by atoms with E-state index in [0.29, 0.717) is 12.6 Å². The minimum Gasteiger partial charge on any atom is -0.314 e. The quantitative estimate of drug-likeness (QED) is 0.710. The summed E-state index contributed by atoms with van der Waals surface area (Å²) in [6.45, 7) is 6.08. The van der Waals surface area contributed by atoms with Gasteiger partial charge in [0, 0.05) is 12.6 Å². The van der Waals surface area contributed by atoms with Gasteiger partial charge in [-0.1, -0.05) is 13.8 Å². The van der Waals surface area contributed by atoms with E-state index in [1.807, 2.05) is 0 Å². The van der Waals surface area contributed by atoms with E-state index in [9.17, 15) is 8.42 Å². The van der Waals surface area contributed by atoms with Gasteiger partial charge in [-0.05, 0) is 44.1 Å². The van der Waals surface area contributed by atoms with Crippen LogP contribution in [-0.2, 0) is 10.0 Å². The fourth-order valence-electron chi connectivity index (χ4n) is 2.39. The third kappa shape index (κ3) is 6.38. The summed E-state index contributed by atoms with van der Waals surface area (Å²) in [6, 6.07) is 0.624. The Morgan fingerprint density at radius 3 is 2.41 bits per heavy atom. The highest BCUT2D eigenvalue weighted by molar-refractivity contribution is 7.88. The first-order valence-corrected chi connectivity index (χ1v) is 8.45. The molecular weight excluding hydrogens is 236 g/mol. The highest BCUT2D eigenvalue weighted by Gasteiger charge is 2.23. The van der Waals surface area contributed by atoms with E-state index < -0.39 is 10.0 Å². The van der Waals surface area contributed by atoms with Crippen molar-refractivity contribution in [2.45, 2.75) is 45.6 Å². The van der Waals surface area contributed by atoms with Crippen LogP contribution in [0.25, 0.3) is 0 Å². The summed E-state index contributed by atoms with van der Waals surface area (Å²) in [5.41, 5.74) is 0. The molecule has 1 rings (SSSR count). The van der Waals surface area contributed by atoms with E-state index >= 15 is 0 Å². The Balaban J connectivity index is 2.07. The molecule has 4 nitrogen and oxygen atoms in total. The van der Waals surface area contributed by atoms with Gasteiger partial charge < -0.3 is 5.32 Å². The Morgan fingerprint density at radius 2 is 1.82 bits per heavy atom. The maximum atomic E-state index is 10.8. The summed E-state index contributed by atoms with van der Waals surface area (Å²) in [4.78, 5) is 0. The van der Waals surface area contributed by atoms with Crippen LogP contribution in [0.15, 0.2) is 0 Å². The van der Waals surface area contributed by atoms with Crippen LogP contribution in [0.4, 0.5) is 0 Å². The molecule has 0 spiro atoms. The monoisotopic (exact) mass is 262 g/mol. The van der Waals surface area contributed by atoms with Crippen molar-refractivity contribution in [1.29, 1.82) is 0 Å². The lowest BCUT2D eigenvalue weighted by atomic mass is 9.79. The average molecular weight is 262 g/mol. The first-order chi connectivity index (χ1) is 7.88. The number of hydrogen-bond acceptors (Lipinski definition) is 3. The maximum Gasteiger partial charge on any atom is 0.208 e. The minimum atomic E-state index is -3.02. The predicted molar refractivity (Wildman–Crippen MR) is 71.4 cm³/mol. The molecule has 0 aliphatic heterocycles. The molecule has 1 aliphatic carbocycles. The van der Waals surface area contributed by atoms with E-state index in [0.717, 1.165) is 24.8 Å². The number of nitrogens with one attached hydrogen (secondary N) is 2. The molecule has 17 heavy (non-hydrogen) atoms. The lowest BCUT2D eigenvalue weighted by Crippen LogP contribution is -2.37. The van der Waals surface area contributed by atoms with Crippen LogP contribution in [0.3, 0.4) is 0 Å². The average Bonchev–Trinajstić information content (AvgIpc) is 2.21. The summed E-state index contributed by atoms with van der Waals surface area (Å²) in [7, 11) is -3.02. The van der Waals surface area contributed by atoms with Crippen molar-refractivity contribution in [2.75, 3.05) is 19.3 Å². The van der Waals surface area contributed by atoms with Crippen LogP contribution >= 0.6 is 0 Å². The summed E-state index contributed by atoms with van der Waals surface area (Å²) in [5.74, 6) is 1.65. The van der Waals surface area contributed by atoms with E-state index in [1.165, 1.54) is 25.5 Å². The third-order valence-corrected chi connectivity index (χ3v) is 4.48. The standard InChI is InChI=1S/C12H26N2O2S/c1-10-5-6-12(9-11(10)2)13-7-4-8-14-17(3,15)16/h10-14H,4-9H2,1-3H3/t10-,11-,12-/m1/s1. The second-order valence-electron chi connectivity index (χ2n) is 5.44.